The molecular formula is C10H20N4O6S. The summed E-state index contributed by atoms with van der Waals surface area (Å²) >= 11 is 0. The molecule has 3 amide bonds. The van der Waals surface area contributed by atoms with E-state index in [1.807, 2.05) is 0 Å². The van der Waals surface area contributed by atoms with Crippen LogP contribution in [0.4, 0.5) is 4.79 Å². The molecule has 0 heterocycles. The second kappa shape index (κ2) is 9.13. The maximum atomic E-state index is 11.4. The maximum Gasteiger partial charge on any atom is 0.326 e. The molecule has 10 nitrogen and oxygen atoms in total. The van der Waals surface area contributed by atoms with Crippen molar-refractivity contribution in [1.29, 1.82) is 0 Å². The SMILES string of the molecule is CCNS(=O)(=O)CCNC(=O)N[C@@H](CCC(N)=O)C(=O)O. The van der Waals surface area contributed by atoms with Gasteiger partial charge in [0, 0.05) is 19.5 Å². The van der Waals surface area contributed by atoms with Crippen molar-refractivity contribution >= 4 is 27.9 Å². The number of nitrogens with one attached hydrogen (secondary N) is 3. The smallest absolute Gasteiger partial charge is 0.326 e. The largest absolute Gasteiger partial charge is 0.480 e. The Balaban J connectivity index is 4.21. The molecule has 0 saturated heterocycles. The summed E-state index contributed by atoms with van der Waals surface area (Å²) in [5, 5.41) is 13.2. The van der Waals surface area contributed by atoms with E-state index in [1.165, 1.54) is 0 Å². The van der Waals surface area contributed by atoms with Crippen LogP contribution in [0.25, 0.3) is 0 Å². The molecule has 6 N–H and O–H groups in total. The lowest BCUT2D eigenvalue weighted by molar-refractivity contribution is -0.139. The van der Waals surface area contributed by atoms with Gasteiger partial charge in [-0.3, -0.25) is 4.79 Å². The van der Waals surface area contributed by atoms with Gasteiger partial charge in [0.15, 0.2) is 0 Å². The van der Waals surface area contributed by atoms with Gasteiger partial charge in [0.2, 0.25) is 15.9 Å². The van der Waals surface area contributed by atoms with Crippen molar-refractivity contribution in [2.24, 2.45) is 5.73 Å². The molecule has 0 aromatic carbocycles. The second-order valence-corrected chi connectivity index (χ2v) is 6.04. The average molecular weight is 324 g/mol. The van der Waals surface area contributed by atoms with Crippen molar-refractivity contribution in [3.63, 3.8) is 0 Å². The number of primary amides is 1. The monoisotopic (exact) mass is 324 g/mol. The van der Waals surface area contributed by atoms with Crippen LogP contribution in [0.2, 0.25) is 0 Å². The molecule has 0 saturated carbocycles. The molecule has 0 bridgehead atoms. The van der Waals surface area contributed by atoms with Gasteiger partial charge in [-0.25, -0.2) is 22.7 Å². The van der Waals surface area contributed by atoms with Crippen molar-refractivity contribution in [3.05, 3.63) is 0 Å². The standard InChI is InChI=1S/C10H20N4O6S/c1-2-13-21(19,20)6-5-12-10(18)14-7(9(16)17)3-4-8(11)15/h7,13H,2-6H2,1H3,(H2,11,15)(H,16,17)(H2,12,14,18)/t7-/m0/s1. The topological polar surface area (TPSA) is 168 Å². The highest BCUT2D eigenvalue weighted by Crippen LogP contribution is 1.97. The normalized spacial score (nSPS) is 12.4. The molecule has 0 unspecified atom stereocenters. The molecule has 21 heavy (non-hydrogen) atoms. The lowest BCUT2D eigenvalue weighted by Gasteiger charge is -2.14. The first kappa shape index (κ1) is 19.1. The number of carboxylic acids is 1. The summed E-state index contributed by atoms with van der Waals surface area (Å²) in [7, 11) is -3.46. The van der Waals surface area contributed by atoms with E-state index in [0.717, 1.165) is 0 Å². The molecular weight excluding hydrogens is 304 g/mol. The number of hydrogen-bond donors (Lipinski definition) is 5. The fourth-order valence-corrected chi connectivity index (χ4v) is 2.30. The third-order valence-electron chi connectivity index (χ3n) is 2.30. The first-order valence-electron chi connectivity index (χ1n) is 6.20. The van der Waals surface area contributed by atoms with E-state index in [4.69, 9.17) is 10.8 Å². The van der Waals surface area contributed by atoms with E-state index < -0.39 is 34.0 Å². The number of carbonyl (C=O) groups is 3. The Morgan fingerprint density at radius 1 is 1.29 bits per heavy atom. The van der Waals surface area contributed by atoms with E-state index in [0.29, 0.717) is 0 Å². The quantitative estimate of drug-likeness (QED) is 0.310. The highest BCUT2D eigenvalue weighted by molar-refractivity contribution is 7.89. The molecule has 11 heteroatoms. The van der Waals surface area contributed by atoms with Crippen LogP contribution < -0.4 is 21.1 Å². The lowest BCUT2D eigenvalue weighted by Crippen LogP contribution is -2.47. The second-order valence-electron chi connectivity index (χ2n) is 4.11. The minimum absolute atomic E-state index is 0.145. The summed E-state index contributed by atoms with van der Waals surface area (Å²) < 4.78 is 24.8. The lowest BCUT2D eigenvalue weighted by atomic mass is 10.1. The number of urea groups is 1. The zero-order chi connectivity index (χ0) is 16.5. The molecule has 0 aromatic heterocycles. The number of sulfonamides is 1. The van der Waals surface area contributed by atoms with Crippen LogP contribution >= 0.6 is 0 Å². The summed E-state index contributed by atoms with van der Waals surface area (Å²) in [6.45, 7) is 1.68. The Bertz CT molecular complexity index is 478. The molecule has 122 valence electrons. The Labute approximate surface area is 122 Å². The Morgan fingerprint density at radius 2 is 1.90 bits per heavy atom. The van der Waals surface area contributed by atoms with Crippen molar-refractivity contribution in [2.45, 2.75) is 25.8 Å². The highest BCUT2D eigenvalue weighted by atomic mass is 32.2. The van der Waals surface area contributed by atoms with Crippen molar-refractivity contribution in [1.82, 2.24) is 15.4 Å². The number of carbonyl (C=O) groups excluding carboxylic acids is 2. The van der Waals surface area contributed by atoms with Gasteiger partial charge in [0.25, 0.3) is 0 Å². The van der Waals surface area contributed by atoms with Gasteiger partial charge < -0.3 is 21.5 Å². The first-order chi connectivity index (χ1) is 9.68. The van der Waals surface area contributed by atoms with Gasteiger partial charge in [-0.05, 0) is 6.42 Å². The number of amides is 3. The molecule has 0 fully saturated rings. The van der Waals surface area contributed by atoms with Gasteiger partial charge in [-0.2, -0.15) is 0 Å². The third-order valence-corrected chi connectivity index (χ3v) is 3.77. The zero-order valence-corrected chi connectivity index (χ0v) is 12.4. The molecule has 0 rings (SSSR count). The van der Waals surface area contributed by atoms with Crippen molar-refractivity contribution in [3.8, 4) is 0 Å². The minimum Gasteiger partial charge on any atom is -0.480 e. The molecule has 0 aliphatic rings. The summed E-state index contributed by atoms with van der Waals surface area (Å²) in [5.74, 6) is -2.32. The molecule has 0 aliphatic heterocycles. The molecule has 0 radical (unpaired) electrons. The van der Waals surface area contributed by atoms with E-state index >= 15 is 0 Å². The number of hydrogen-bond acceptors (Lipinski definition) is 5. The van der Waals surface area contributed by atoms with Crippen LogP contribution in [0, 0.1) is 0 Å². The van der Waals surface area contributed by atoms with Gasteiger partial charge in [-0.15, -0.1) is 0 Å². The van der Waals surface area contributed by atoms with Gasteiger partial charge in [0.1, 0.15) is 6.04 Å². The summed E-state index contributed by atoms with van der Waals surface area (Å²) in [6, 6.07) is -2.11. The van der Waals surface area contributed by atoms with Crippen LogP contribution in [0.5, 0.6) is 0 Å². The average Bonchev–Trinajstić information content (AvgIpc) is 2.33. The van der Waals surface area contributed by atoms with E-state index in [-0.39, 0.29) is 31.7 Å². The Hall–Kier alpha value is -1.88. The minimum atomic E-state index is -3.46. The predicted molar refractivity (Wildman–Crippen MR) is 73.9 cm³/mol. The van der Waals surface area contributed by atoms with Gasteiger partial charge in [-0.1, -0.05) is 6.92 Å². The number of nitrogens with two attached hydrogens (primary N) is 1. The highest BCUT2D eigenvalue weighted by Gasteiger charge is 2.20. The number of rotatable bonds is 10. The van der Waals surface area contributed by atoms with Crippen LogP contribution in [0.15, 0.2) is 0 Å². The summed E-state index contributed by atoms with van der Waals surface area (Å²) in [5.41, 5.74) is 4.89. The fraction of sp³-hybridized carbons (Fsp3) is 0.700. The van der Waals surface area contributed by atoms with E-state index in [2.05, 4.69) is 15.4 Å². The number of carboxylic acid groups (broad SMARTS) is 1. The molecule has 1 atom stereocenters. The summed E-state index contributed by atoms with van der Waals surface area (Å²) in [6.07, 6.45) is -0.334. The Morgan fingerprint density at radius 3 is 2.38 bits per heavy atom. The fourth-order valence-electron chi connectivity index (χ4n) is 1.34. The third kappa shape index (κ3) is 9.62. The molecule has 0 aliphatic carbocycles. The first-order valence-corrected chi connectivity index (χ1v) is 7.86. The maximum absolute atomic E-state index is 11.4. The zero-order valence-electron chi connectivity index (χ0n) is 11.6. The van der Waals surface area contributed by atoms with E-state index in [9.17, 15) is 22.8 Å². The van der Waals surface area contributed by atoms with Crippen molar-refractivity contribution in [2.75, 3.05) is 18.8 Å². The van der Waals surface area contributed by atoms with Crippen LogP contribution in [-0.4, -0.2) is 56.3 Å². The predicted octanol–water partition coefficient (Wildman–Crippen LogP) is -2.06. The van der Waals surface area contributed by atoms with Crippen LogP contribution in [0.3, 0.4) is 0 Å². The van der Waals surface area contributed by atoms with Crippen molar-refractivity contribution < 1.29 is 27.9 Å². The van der Waals surface area contributed by atoms with Crippen LogP contribution in [-0.2, 0) is 19.6 Å². The molecule has 0 spiro atoms. The van der Waals surface area contributed by atoms with Crippen LogP contribution in [0.1, 0.15) is 19.8 Å². The Kier molecular flexibility index (Phi) is 8.31. The van der Waals surface area contributed by atoms with Gasteiger partial charge >= 0.3 is 12.0 Å². The molecule has 0 aromatic rings. The number of aliphatic carboxylic acids is 1. The van der Waals surface area contributed by atoms with E-state index in [1.54, 1.807) is 6.92 Å². The van der Waals surface area contributed by atoms with Gasteiger partial charge in [0.05, 0.1) is 5.75 Å². The summed E-state index contributed by atoms with van der Waals surface area (Å²) in [4.78, 5) is 32.9.